The van der Waals surface area contributed by atoms with E-state index in [2.05, 4.69) is 5.32 Å². The molecule has 2 aromatic rings. The first-order valence-electron chi connectivity index (χ1n) is 6.68. The molecule has 0 aliphatic heterocycles. The SMILES string of the molecule is Nc1cc(F)ccc1C(=O)N[C@@H]1c2ccccc2C[C@@H]1O. The van der Waals surface area contributed by atoms with E-state index in [0.29, 0.717) is 6.42 Å². The monoisotopic (exact) mass is 286 g/mol. The number of fused-ring (bicyclic) bond motifs is 1. The van der Waals surface area contributed by atoms with E-state index in [1.807, 2.05) is 24.3 Å². The predicted molar refractivity (Wildman–Crippen MR) is 77.2 cm³/mol. The molecule has 0 fully saturated rings. The Morgan fingerprint density at radius 2 is 2.05 bits per heavy atom. The highest BCUT2D eigenvalue weighted by atomic mass is 19.1. The lowest BCUT2D eigenvalue weighted by molar-refractivity contribution is 0.0859. The summed E-state index contributed by atoms with van der Waals surface area (Å²) in [5.41, 5.74) is 7.86. The molecule has 4 nitrogen and oxygen atoms in total. The van der Waals surface area contributed by atoms with Crippen LogP contribution >= 0.6 is 0 Å². The van der Waals surface area contributed by atoms with Crippen molar-refractivity contribution in [2.75, 3.05) is 5.73 Å². The van der Waals surface area contributed by atoms with E-state index in [0.717, 1.165) is 17.2 Å². The fraction of sp³-hybridized carbons (Fsp3) is 0.188. The maximum Gasteiger partial charge on any atom is 0.253 e. The molecular weight excluding hydrogens is 271 g/mol. The summed E-state index contributed by atoms with van der Waals surface area (Å²) in [6.07, 6.45) is -0.173. The highest BCUT2D eigenvalue weighted by Crippen LogP contribution is 2.31. The molecule has 3 rings (SSSR count). The zero-order valence-electron chi connectivity index (χ0n) is 11.2. The summed E-state index contributed by atoms with van der Waals surface area (Å²) < 4.78 is 13.0. The molecule has 1 aliphatic rings. The Balaban J connectivity index is 1.85. The summed E-state index contributed by atoms with van der Waals surface area (Å²) in [4.78, 5) is 12.3. The Kier molecular flexibility index (Phi) is 3.35. The molecule has 0 bridgehead atoms. The summed E-state index contributed by atoms with van der Waals surface area (Å²) in [6.45, 7) is 0. The van der Waals surface area contributed by atoms with Gasteiger partial charge in [-0.05, 0) is 29.3 Å². The standard InChI is InChI=1S/C16H15FN2O2/c17-10-5-6-12(13(18)8-10)16(21)19-15-11-4-2-1-3-9(11)7-14(15)20/h1-6,8,14-15,20H,7,18H2,(H,19,21)/t14-,15+/m0/s1. The summed E-state index contributed by atoms with van der Waals surface area (Å²) in [5, 5.41) is 12.9. The number of hydrogen-bond donors (Lipinski definition) is 3. The van der Waals surface area contributed by atoms with Gasteiger partial charge in [0.2, 0.25) is 0 Å². The molecule has 0 unspecified atom stereocenters. The van der Waals surface area contributed by atoms with Crippen LogP contribution < -0.4 is 11.1 Å². The molecule has 4 N–H and O–H groups in total. The van der Waals surface area contributed by atoms with E-state index in [9.17, 15) is 14.3 Å². The van der Waals surface area contributed by atoms with E-state index < -0.39 is 23.9 Å². The molecule has 0 saturated carbocycles. The van der Waals surface area contributed by atoms with Crippen LogP contribution in [-0.4, -0.2) is 17.1 Å². The number of aliphatic hydroxyl groups excluding tert-OH is 1. The molecule has 0 radical (unpaired) electrons. The van der Waals surface area contributed by atoms with Crippen LogP contribution in [0.15, 0.2) is 42.5 Å². The number of benzene rings is 2. The predicted octanol–water partition coefficient (Wildman–Crippen LogP) is 1.80. The van der Waals surface area contributed by atoms with Crippen molar-refractivity contribution in [2.45, 2.75) is 18.6 Å². The number of halogens is 1. The van der Waals surface area contributed by atoms with Gasteiger partial charge in [0.05, 0.1) is 17.7 Å². The lowest BCUT2D eigenvalue weighted by atomic mass is 10.1. The van der Waals surface area contributed by atoms with Crippen molar-refractivity contribution >= 4 is 11.6 Å². The topological polar surface area (TPSA) is 75.4 Å². The number of rotatable bonds is 2. The minimum absolute atomic E-state index is 0.0771. The van der Waals surface area contributed by atoms with Crippen LogP contribution in [0.1, 0.15) is 27.5 Å². The van der Waals surface area contributed by atoms with Crippen molar-refractivity contribution in [1.82, 2.24) is 5.32 Å². The van der Waals surface area contributed by atoms with Gasteiger partial charge in [-0.1, -0.05) is 24.3 Å². The fourth-order valence-electron chi connectivity index (χ4n) is 2.71. The highest BCUT2D eigenvalue weighted by Gasteiger charge is 2.32. The zero-order valence-corrected chi connectivity index (χ0v) is 11.2. The molecule has 5 heteroatoms. The van der Waals surface area contributed by atoms with Gasteiger partial charge in [-0.15, -0.1) is 0 Å². The number of nitrogen functional groups attached to an aromatic ring is 1. The quantitative estimate of drug-likeness (QED) is 0.737. The molecule has 108 valence electrons. The lowest BCUT2D eigenvalue weighted by Gasteiger charge is -2.18. The summed E-state index contributed by atoms with van der Waals surface area (Å²) in [6, 6.07) is 10.7. The normalized spacial score (nSPS) is 20.1. The van der Waals surface area contributed by atoms with Crippen molar-refractivity contribution in [3.63, 3.8) is 0 Å². The molecule has 0 aromatic heterocycles. The van der Waals surface area contributed by atoms with E-state index >= 15 is 0 Å². The van der Waals surface area contributed by atoms with Crippen LogP contribution in [0, 0.1) is 5.82 Å². The van der Waals surface area contributed by atoms with Crippen molar-refractivity contribution in [2.24, 2.45) is 0 Å². The third kappa shape index (κ3) is 2.48. The van der Waals surface area contributed by atoms with Gasteiger partial charge in [-0.3, -0.25) is 4.79 Å². The molecular formula is C16H15FN2O2. The first kappa shape index (κ1) is 13.6. The van der Waals surface area contributed by atoms with Crippen LogP contribution in [0.5, 0.6) is 0 Å². The summed E-state index contributed by atoms with van der Waals surface area (Å²) in [7, 11) is 0. The molecule has 2 aromatic carbocycles. The first-order valence-corrected chi connectivity index (χ1v) is 6.68. The Morgan fingerprint density at radius 3 is 2.81 bits per heavy atom. The number of nitrogens with one attached hydrogen (secondary N) is 1. The second kappa shape index (κ2) is 5.18. The second-order valence-electron chi connectivity index (χ2n) is 5.15. The van der Waals surface area contributed by atoms with Gasteiger partial charge in [0.1, 0.15) is 5.82 Å². The smallest absolute Gasteiger partial charge is 0.253 e. The van der Waals surface area contributed by atoms with Crippen LogP contribution in [0.25, 0.3) is 0 Å². The minimum atomic E-state index is -0.673. The van der Waals surface area contributed by atoms with Gasteiger partial charge in [-0.25, -0.2) is 4.39 Å². The summed E-state index contributed by atoms with van der Waals surface area (Å²) in [5.74, 6) is -0.913. The van der Waals surface area contributed by atoms with E-state index in [-0.39, 0.29) is 11.3 Å². The average Bonchev–Trinajstić information content (AvgIpc) is 2.75. The minimum Gasteiger partial charge on any atom is -0.398 e. The third-order valence-corrected chi connectivity index (χ3v) is 3.75. The van der Waals surface area contributed by atoms with Gasteiger partial charge in [0.25, 0.3) is 5.91 Å². The number of carbonyl (C=O) groups is 1. The molecule has 0 heterocycles. The van der Waals surface area contributed by atoms with Gasteiger partial charge in [-0.2, -0.15) is 0 Å². The van der Waals surface area contributed by atoms with Crippen LogP contribution in [0.3, 0.4) is 0 Å². The van der Waals surface area contributed by atoms with Gasteiger partial charge in [0.15, 0.2) is 0 Å². The third-order valence-electron chi connectivity index (χ3n) is 3.75. The maximum absolute atomic E-state index is 13.0. The fourth-order valence-corrected chi connectivity index (χ4v) is 2.71. The second-order valence-corrected chi connectivity index (χ2v) is 5.15. The summed E-state index contributed by atoms with van der Waals surface area (Å²) >= 11 is 0. The van der Waals surface area contributed by atoms with E-state index in [1.165, 1.54) is 12.1 Å². The van der Waals surface area contributed by atoms with Crippen LogP contribution in [0.2, 0.25) is 0 Å². The Morgan fingerprint density at radius 1 is 1.29 bits per heavy atom. The van der Waals surface area contributed by atoms with Crippen molar-refractivity contribution in [3.05, 3.63) is 65.0 Å². The molecule has 0 spiro atoms. The van der Waals surface area contributed by atoms with E-state index in [1.54, 1.807) is 0 Å². The molecule has 21 heavy (non-hydrogen) atoms. The zero-order chi connectivity index (χ0) is 15.0. The number of anilines is 1. The van der Waals surface area contributed by atoms with Crippen LogP contribution in [-0.2, 0) is 6.42 Å². The number of amides is 1. The largest absolute Gasteiger partial charge is 0.398 e. The van der Waals surface area contributed by atoms with Gasteiger partial charge in [0, 0.05) is 12.1 Å². The molecule has 1 amide bonds. The first-order chi connectivity index (χ1) is 10.1. The molecule has 1 aliphatic carbocycles. The number of nitrogens with two attached hydrogens (primary N) is 1. The lowest BCUT2D eigenvalue weighted by Crippen LogP contribution is -2.34. The van der Waals surface area contributed by atoms with Crippen molar-refractivity contribution in [1.29, 1.82) is 0 Å². The Hall–Kier alpha value is -2.40. The number of hydrogen-bond acceptors (Lipinski definition) is 3. The number of carbonyl (C=O) groups excluding carboxylic acids is 1. The Bertz CT molecular complexity index is 702. The average molecular weight is 286 g/mol. The van der Waals surface area contributed by atoms with Gasteiger partial charge < -0.3 is 16.2 Å². The van der Waals surface area contributed by atoms with Gasteiger partial charge >= 0.3 is 0 Å². The maximum atomic E-state index is 13.0. The Labute approximate surface area is 121 Å². The van der Waals surface area contributed by atoms with Crippen LogP contribution in [0.4, 0.5) is 10.1 Å². The highest BCUT2D eigenvalue weighted by molar-refractivity contribution is 5.99. The van der Waals surface area contributed by atoms with Crippen molar-refractivity contribution < 1.29 is 14.3 Å². The molecule has 2 atom stereocenters. The van der Waals surface area contributed by atoms with E-state index in [4.69, 9.17) is 5.73 Å². The molecule has 0 saturated heterocycles. The van der Waals surface area contributed by atoms with Crippen molar-refractivity contribution in [3.8, 4) is 0 Å². The number of aliphatic hydroxyl groups is 1.